The number of hydrogen-bond donors (Lipinski definition) is 2. The minimum absolute atomic E-state index is 0.112. The molecule has 43 heavy (non-hydrogen) atoms. The second-order valence-electron chi connectivity index (χ2n) is 11.9. The van der Waals surface area contributed by atoms with Crippen molar-refractivity contribution in [3.63, 3.8) is 0 Å². The van der Waals surface area contributed by atoms with Gasteiger partial charge in [0.15, 0.2) is 5.78 Å². The lowest BCUT2D eigenvalue weighted by atomic mass is 9.83. The highest BCUT2D eigenvalue weighted by Gasteiger charge is 2.44. The number of fused-ring (bicyclic) bond motifs is 2. The molecule has 10 nitrogen and oxygen atoms in total. The number of ether oxygens (including phenoxy) is 1. The number of benzene rings is 2. The number of aromatic nitrogens is 3. The fourth-order valence-electron chi connectivity index (χ4n) is 5.24. The summed E-state index contributed by atoms with van der Waals surface area (Å²) in [4.78, 5) is 35.7. The molecule has 1 aliphatic heterocycles. The molecule has 0 bridgehead atoms. The lowest BCUT2D eigenvalue weighted by molar-refractivity contribution is -0.119. The number of nitriles is 1. The summed E-state index contributed by atoms with van der Waals surface area (Å²) in [7, 11) is 0. The molecule has 11 heteroatoms. The zero-order chi connectivity index (χ0) is 31.1. The number of halogens is 1. The van der Waals surface area contributed by atoms with E-state index in [-0.39, 0.29) is 31.0 Å². The molecule has 1 aliphatic rings. The van der Waals surface area contributed by atoms with Crippen molar-refractivity contribution in [1.29, 1.82) is 5.26 Å². The molecule has 1 unspecified atom stereocenters. The Bertz CT molecular complexity index is 1790. The van der Waals surface area contributed by atoms with Gasteiger partial charge in [-0.05, 0) is 62.7 Å². The van der Waals surface area contributed by atoms with Crippen LogP contribution in [0.1, 0.15) is 52.2 Å². The van der Waals surface area contributed by atoms with Crippen LogP contribution in [0.5, 0.6) is 0 Å². The quantitative estimate of drug-likeness (QED) is 0.251. The molecule has 0 spiro atoms. The van der Waals surface area contributed by atoms with Crippen LogP contribution in [0.3, 0.4) is 0 Å². The van der Waals surface area contributed by atoms with E-state index in [1.807, 2.05) is 42.8 Å². The van der Waals surface area contributed by atoms with E-state index in [1.165, 1.54) is 4.90 Å². The zero-order valence-electron chi connectivity index (χ0n) is 24.7. The van der Waals surface area contributed by atoms with E-state index < -0.39 is 17.1 Å². The van der Waals surface area contributed by atoms with Crippen molar-refractivity contribution in [2.24, 2.45) is 0 Å². The molecule has 0 saturated carbocycles. The molecule has 0 saturated heterocycles. The number of hydrogen-bond acceptors (Lipinski definition) is 8. The van der Waals surface area contributed by atoms with Gasteiger partial charge >= 0.3 is 6.09 Å². The van der Waals surface area contributed by atoms with Crippen LogP contribution in [-0.2, 0) is 21.5 Å². The first-order valence-corrected chi connectivity index (χ1v) is 14.3. The van der Waals surface area contributed by atoms with Crippen molar-refractivity contribution in [3.05, 3.63) is 64.9 Å². The lowest BCUT2D eigenvalue weighted by Crippen LogP contribution is -2.40. The van der Waals surface area contributed by atoms with Gasteiger partial charge in [0, 0.05) is 46.7 Å². The van der Waals surface area contributed by atoms with Crippen LogP contribution in [0, 0.1) is 11.3 Å². The Labute approximate surface area is 254 Å². The lowest BCUT2D eigenvalue weighted by Gasteiger charge is -2.26. The Kier molecular flexibility index (Phi) is 7.90. The third-order valence-corrected chi connectivity index (χ3v) is 7.63. The van der Waals surface area contributed by atoms with Gasteiger partial charge in [-0.1, -0.05) is 25.4 Å². The van der Waals surface area contributed by atoms with Gasteiger partial charge < -0.3 is 19.7 Å². The number of aliphatic hydroxyl groups is 1. The number of carbonyl (C=O) groups is 2. The van der Waals surface area contributed by atoms with Crippen LogP contribution in [0.4, 0.5) is 22.1 Å². The maximum absolute atomic E-state index is 13.1. The van der Waals surface area contributed by atoms with Crippen LogP contribution in [0.25, 0.3) is 22.2 Å². The summed E-state index contributed by atoms with van der Waals surface area (Å²) in [5, 5.41) is 25.1. The van der Waals surface area contributed by atoms with E-state index in [4.69, 9.17) is 21.3 Å². The van der Waals surface area contributed by atoms with Crippen molar-refractivity contribution < 1.29 is 19.4 Å². The van der Waals surface area contributed by atoms with Crippen molar-refractivity contribution in [2.45, 2.75) is 58.6 Å². The Morgan fingerprint density at radius 3 is 2.67 bits per heavy atom. The first-order valence-electron chi connectivity index (χ1n) is 14.0. The number of nitrogens with zero attached hydrogens (tertiary/aromatic N) is 5. The van der Waals surface area contributed by atoms with Gasteiger partial charge in [0.2, 0.25) is 5.95 Å². The highest BCUT2D eigenvalue weighted by Crippen LogP contribution is 2.45. The minimum Gasteiger partial charge on any atom is -0.443 e. The van der Waals surface area contributed by atoms with E-state index in [1.54, 1.807) is 45.2 Å². The topological polar surface area (TPSA) is 133 Å². The SMILES string of the molecule is CCC(=O)Cn1ccc2c(Nc3nccc(-c4cc(C#N)c5c(c4)C(C)(CO)CN5C(=O)OC(C)(C)C)n3)cc(Cl)cc21. The molecule has 0 radical (unpaired) electrons. The summed E-state index contributed by atoms with van der Waals surface area (Å²) < 4.78 is 7.47. The number of nitrogens with one attached hydrogen (secondary N) is 1. The summed E-state index contributed by atoms with van der Waals surface area (Å²) in [5.41, 5.74) is 2.46. The average molecular weight is 601 g/mol. The van der Waals surface area contributed by atoms with Gasteiger partial charge in [-0.25, -0.2) is 14.8 Å². The number of rotatable bonds is 7. The van der Waals surface area contributed by atoms with Crippen LogP contribution in [0.2, 0.25) is 5.02 Å². The highest BCUT2D eigenvalue weighted by atomic mass is 35.5. The van der Waals surface area contributed by atoms with E-state index >= 15 is 0 Å². The smallest absolute Gasteiger partial charge is 0.414 e. The molecule has 4 aromatic rings. The second-order valence-corrected chi connectivity index (χ2v) is 12.4. The molecule has 1 amide bonds. The van der Waals surface area contributed by atoms with Gasteiger partial charge in [0.1, 0.15) is 11.7 Å². The number of carbonyl (C=O) groups excluding carboxylic acids is 2. The summed E-state index contributed by atoms with van der Waals surface area (Å²) in [6.45, 7) is 9.19. The largest absolute Gasteiger partial charge is 0.443 e. The monoisotopic (exact) mass is 600 g/mol. The second kappa shape index (κ2) is 11.3. The number of anilines is 3. The van der Waals surface area contributed by atoms with Gasteiger partial charge in [-0.15, -0.1) is 0 Å². The average Bonchev–Trinajstić information content (AvgIpc) is 3.50. The summed E-state index contributed by atoms with van der Waals surface area (Å²) >= 11 is 6.45. The molecule has 2 N–H and O–H groups in total. The Balaban J connectivity index is 1.53. The van der Waals surface area contributed by atoms with E-state index in [0.717, 1.165) is 10.9 Å². The van der Waals surface area contributed by atoms with Crippen LogP contribution < -0.4 is 10.2 Å². The molecule has 0 fully saturated rings. The first-order chi connectivity index (χ1) is 20.4. The van der Waals surface area contributed by atoms with E-state index in [0.29, 0.717) is 45.6 Å². The standard InChI is InChI=1S/C32H33ClN6O4/c1-6-22(41)16-38-10-8-23-26(13-21(33)14-27(23)38)37-29-35-9-7-25(36-29)19-11-20(15-34)28-24(12-19)32(5,18-40)17-39(28)30(42)43-31(2,3)4/h7-14,40H,6,16-18H2,1-5H3,(H,35,36,37). The van der Waals surface area contributed by atoms with Crippen molar-refractivity contribution >= 4 is 51.7 Å². The fraction of sp³-hybridized carbons (Fsp3) is 0.344. The summed E-state index contributed by atoms with van der Waals surface area (Å²) in [5.74, 6) is 0.415. The maximum Gasteiger partial charge on any atom is 0.414 e. The number of ketones is 1. The number of aliphatic hydroxyl groups excluding tert-OH is 1. The van der Waals surface area contributed by atoms with E-state index in [2.05, 4.69) is 16.4 Å². The van der Waals surface area contributed by atoms with E-state index in [9.17, 15) is 20.0 Å². The molecular weight excluding hydrogens is 568 g/mol. The fourth-order valence-corrected chi connectivity index (χ4v) is 5.46. The predicted molar refractivity (Wildman–Crippen MR) is 166 cm³/mol. The highest BCUT2D eigenvalue weighted by molar-refractivity contribution is 6.32. The molecule has 0 aliphatic carbocycles. The van der Waals surface area contributed by atoms with Gasteiger partial charge in [0.25, 0.3) is 0 Å². The van der Waals surface area contributed by atoms with Gasteiger partial charge in [-0.3, -0.25) is 9.69 Å². The summed E-state index contributed by atoms with van der Waals surface area (Å²) in [6.07, 6.45) is 3.32. The molecule has 5 rings (SSSR count). The maximum atomic E-state index is 13.1. The Morgan fingerprint density at radius 2 is 2.00 bits per heavy atom. The molecule has 2 aromatic heterocycles. The van der Waals surface area contributed by atoms with Crippen LogP contribution in [-0.4, -0.2) is 50.3 Å². The van der Waals surface area contributed by atoms with Crippen LogP contribution >= 0.6 is 11.6 Å². The molecule has 222 valence electrons. The third kappa shape index (κ3) is 5.91. The minimum atomic E-state index is -0.819. The molecular formula is C32H33ClN6O4. The van der Waals surface area contributed by atoms with Crippen molar-refractivity contribution in [3.8, 4) is 17.3 Å². The van der Waals surface area contributed by atoms with Gasteiger partial charge in [-0.2, -0.15) is 5.26 Å². The molecule has 1 atom stereocenters. The number of Topliss-reactive ketones (excluding diaryl/α,β-unsaturated/α-hetero) is 1. The predicted octanol–water partition coefficient (Wildman–Crippen LogP) is 6.35. The van der Waals surface area contributed by atoms with Crippen molar-refractivity contribution in [2.75, 3.05) is 23.4 Å². The summed E-state index contributed by atoms with van der Waals surface area (Å²) in [6, 6.07) is 13.0. The molecule has 3 heterocycles. The Hall–Kier alpha value is -4.46. The third-order valence-electron chi connectivity index (χ3n) is 7.41. The van der Waals surface area contributed by atoms with Crippen molar-refractivity contribution in [1.82, 2.24) is 14.5 Å². The first kappa shape index (κ1) is 30.0. The Morgan fingerprint density at radius 1 is 1.23 bits per heavy atom. The van der Waals surface area contributed by atoms with Crippen LogP contribution in [0.15, 0.2) is 48.8 Å². The normalized spacial score (nSPS) is 16.2. The molecule has 2 aromatic carbocycles. The van der Waals surface area contributed by atoms with Gasteiger partial charge in [0.05, 0.1) is 41.3 Å². The number of amides is 1. The zero-order valence-corrected chi connectivity index (χ0v) is 25.5.